The molecule has 0 bridgehead atoms. The number of hydrogen-bond acceptors (Lipinski definition) is 7. The zero-order chi connectivity index (χ0) is 24.0. The summed E-state index contributed by atoms with van der Waals surface area (Å²) in [4.78, 5) is 29.3. The number of pyridine rings is 1. The molecule has 1 N–H and O–H groups in total. The molecule has 33 heavy (non-hydrogen) atoms. The van der Waals surface area contributed by atoms with Crippen LogP contribution in [-0.4, -0.2) is 41.2 Å². The molecule has 0 radical (unpaired) electrons. The summed E-state index contributed by atoms with van der Waals surface area (Å²) in [6.07, 6.45) is 4.32. The number of esters is 1. The summed E-state index contributed by atoms with van der Waals surface area (Å²) in [6, 6.07) is 7.21. The number of hydrogen-bond donors (Lipinski definition) is 1. The minimum Gasteiger partial charge on any atom is -0.503 e. The monoisotopic (exact) mass is 459 g/mol. The van der Waals surface area contributed by atoms with Gasteiger partial charge in [-0.2, -0.15) is 0 Å². The summed E-state index contributed by atoms with van der Waals surface area (Å²) in [5.74, 6) is -1.62. The van der Waals surface area contributed by atoms with Gasteiger partial charge < -0.3 is 19.3 Å². The maximum atomic E-state index is 13.3. The first-order valence-corrected chi connectivity index (χ1v) is 11.2. The summed E-state index contributed by atoms with van der Waals surface area (Å²) in [5, 5.41) is 10.1. The lowest BCUT2D eigenvalue weighted by Crippen LogP contribution is -2.40. The summed E-state index contributed by atoms with van der Waals surface area (Å²) in [5.41, 5.74) is -0.148. The molecule has 1 aliphatic rings. The van der Waals surface area contributed by atoms with Gasteiger partial charge in [-0.05, 0) is 49.9 Å². The van der Waals surface area contributed by atoms with Crippen molar-refractivity contribution >= 4 is 11.8 Å². The molecule has 178 valence electrons. The molecule has 3 rings (SSSR count). The molecule has 1 aromatic carbocycles. The Morgan fingerprint density at radius 3 is 2.45 bits per heavy atom. The van der Waals surface area contributed by atoms with Gasteiger partial charge in [-0.25, -0.2) is 9.37 Å². The van der Waals surface area contributed by atoms with Crippen LogP contribution in [0.4, 0.5) is 4.39 Å². The SMILES string of the molecule is COc1ccnc(C(=O)C[C@@H](C)C(=O)O[C@@H](C)[C@H](Oc2ccc(F)cc2)C2CCCC2)c1O. The first-order valence-electron chi connectivity index (χ1n) is 11.2. The first-order chi connectivity index (χ1) is 15.8. The van der Waals surface area contributed by atoms with Crippen LogP contribution in [0.1, 0.15) is 56.4 Å². The van der Waals surface area contributed by atoms with E-state index in [1.165, 1.54) is 31.5 Å². The molecule has 0 spiro atoms. The highest BCUT2D eigenvalue weighted by atomic mass is 19.1. The zero-order valence-electron chi connectivity index (χ0n) is 19.1. The third kappa shape index (κ3) is 6.21. The molecule has 0 saturated heterocycles. The number of ketones is 1. The molecule has 1 aliphatic carbocycles. The quantitative estimate of drug-likeness (QED) is 0.406. The van der Waals surface area contributed by atoms with Gasteiger partial charge in [0.1, 0.15) is 23.8 Å². The van der Waals surface area contributed by atoms with Crippen molar-refractivity contribution in [3.8, 4) is 17.2 Å². The molecule has 1 saturated carbocycles. The lowest BCUT2D eigenvalue weighted by atomic mass is 9.96. The number of methoxy groups -OCH3 is 1. The van der Waals surface area contributed by atoms with Crippen molar-refractivity contribution < 1.29 is 33.3 Å². The van der Waals surface area contributed by atoms with E-state index in [1.54, 1.807) is 26.0 Å². The van der Waals surface area contributed by atoms with E-state index in [0.717, 1.165) is 25.7 Å². The van der Waals surface area contributed by atoms with E-state index >= 15 is 0 Å². The number of aromatic hydroxyl groups is 1. The average molecular weight is 460 g/mol. The molecular formula is C25H30FNO6. The Morgan fingerprint density at radius 1 is 1.15 bits per heavy atom. The van der Waals surface area contributed by atoms with Gasteiger partial charge >= 0.3 is 5.97 Å². The Balaban J connectivity index is 1.64. The highest BCUT2D eigenvalue weighted by Gasteiger charge is 2.34. The Bertz CT molecular complexity index is 958. The van der Waals surface area contributed by atoms with Crippen molar-refractivity contribution in [1.82, 2.24) is 4.98 Å². The standard InChI is InChI=1S/C25H30FNO6/c1-15(14-20(28)22-23(29)21(31-3)12-13-27-22)25(30)32-16(2)24(17-6-4-5-7-17)33-19-10-8-18(26)9-11-19/h8-13,15-17,24,29H,4-7,14H2,1-3H3/t15-,16+,24+/m1/s1. The largest absolute Gasteiger partial charge is 0.503 e. The van der Waals surface area contributed by atoms with E-state index in [2.05, 4.69) is 4.98 Å². The highest BCUT2D eigenvalue weighted by molar-refractivity contribution is 5.99. The number of rotatable bonds is 10. The Morgan fingerprint density at radius 2 is 1.82 bits per heavy atom. The number of aromatic nitrogens is 1. The van der Waals surface area contributed by atoms with Gasteiger partial charge in [0, 0.05) is 18.7 Å². The van der Waals surface area contributed by atoms with E-state index in [0.29, 0.717) is 5.75 Å². The summed E-state index contributed by atoms with van der Waals surface area (Å²) in [7, 11) is 1.37. The minimum atomic E-state index is -0.748. The second-order valence-corrected chi connectivity index (χ2v) is 8.46. The lowest BCUT2D eigenvalue weighted by molar-refractivity contribution is -0.158. The third-order valence-corrected chi connectivity index (χ3v) is 5.98. The Hall–Kier alpha value is -3.16. The highest BCUT2D eigenvalue weighted by Crippen LogP contribution is 2.33. The van der Waals surface area contributed by atoms with Crippen LogP contribution in [0, 0.1) is 17.7 Å². The van der Waals surface area contributed by atoms with Crippen LogP contribution in [0.15, 0.2) is 36.5 Å². The average Bonchev–Trinajstić information content (AvgIpc) is 3.33. The van der Waals surface area contributed by atoms with Crippen LogP contribution in [0.25, 0.3) is 0 Å². The van der Waals surface area contributed by atoms with Gasteiger partial charge in [0.25, 0.3) is 0 Å². The van der Waals surface area contributed by atoms with Crippen LogP contribution >= 0.6 is 0 Å². The summed E-state index contributed by atoms with van der Waals surface area (Å²) < 4.78 is 30.1. The van der Waals surface area contributed by atoms with Crippen LogP contribution in [0.2, 0.25) is 0 Å². The van der Waals surface area contributed by atoms with Crippen molar-refractivity contribution in [2.75, 3.05) is 7.11 Å². The maximum Gasteiger partial charge on any atom is 0.309 e. The topological polar surface area (TPSA) is 95.0 Å². The van der Waals surface area contributed by atoms with E-state index in [9.17, 15) is 19.1 Å². The number of carbonyl (C=O) groups is 2. The number of ether oxygens (including phenoxy) is 3. The van der Waals surface area contributed by atoms with Crippen molar-refractivity contribution in [3.63, 3.8) is 0 Å². The second-order valence-electron chi connectivity index (χ2n) is 8.46. The van der Waals surface area contributed by atoms with Crippen molar-refractivity contribution in [2.45, 2.75) is 58.2 Å². The molecule has 3 atom stereocenters. The number of benzene rings is 1. The Labute approximate surface area is 192 Å². The van der Waals surface area contributed by atoms with E-state index in [4.69, 9.17) is 14.2 Å². The van der Waals surface area contributed by atoms with Gasteiger partial charge in [0.2, 0.25) is 0 Å². The molecule has 1 fully saturated rings. The fraction of sp³-hybridized carbons (Fsp3) is 0.480. The Kier molecular flexibility index (Phi) is 8.25. The van der Waals surface area contributed by atoms with Gasteiger partial charge in [0.05, 0.1) is 13.0 Å². The van der Waals surface area contributed by atoms with Crippen LogP contribution < -0.4 is 9.47 Å². The van der Waals surface area contributed by atoms with E-state index in [1.807, 2.05) is 0 Å². The second kappa shape index (κ2) is 11.1. The predicted molar refractivity (Wildman–Crippen MR) is 119 cm³/mol. The van der Waals surface area contributed by atoms with Gasteiger partial charge in [-0.3, -0.25) is 9.59 Å². The molecule has 2 aromatic rings. The fourth-order valence-electron chi connectivity index (χ4n) is 4.16. The molecule has 0 unspecified atom stereocenters. The molecule has 0 aliphatic heterocycles. The molecular weight excluding hydrogens is 429 g/mol. The number of halogens is 1. The van der Waals surface area contributed by atoms with Crippen molar-refractivity contribution in [1.29, 1.82) is 0 Å². The summed E-state index contributed by atoms with van der Waals surface area (Å²) in [6.45, 7) is 3.37. The van der Waals surface area contributed by atoms with Gasteiger partial charge in [0.15, 0.2) is 23.0 Å². The maximum absolute atomic E-state index is 13.3. The van der Waals surface area contributed by atoms with E-state index < -0.39 is 23.8 Å². The molecule has 7 nitrogen and oxygen atoms in total. The van der Waals surface area contributed by atoms with Crippen molar-refractivity contribution in [3.05, 3.63) is 48.0 Å². The predicted octanol–water partition coefficient (Wildman–Crippen LogP) is 4.71. The van der Waals surface area contributed by atoms with Crippen LogP contribution in [-0.2, 0) is 9.53 Å². The van der Waals surface area contributed by atoms with Crippen LogP contribution in [0.5, 0.6) is 17.2 Å². The molecule has 1 heterocycles. The third-order valence-electron chi connectivity index (χ3n) is 5.98. The molecule has 0 amide bonds. The van der Waals surface area contributed by atoms with Crippen LogP contribution in [0.3, 0.4) is 0 Å². The van der Waals surface area contributed by atoms with E-state index in [-0.39, 0.29) is 41.5 Å². The minimum absolute atomic E-state index is 0.134. The molecule has 1 aromatic heterocycles. The lowest BCUT2D eigenvalue weighted by Gasteiger charge is -2.30. The van der Waals surface area contributed by atoms with Gasteiger partial charge in [-0.15, -0.1) is 0 Å². The van der Waals surface area contributed by atoms with Gasteiger partial charge in [-0.1, -0.05) is 19.8 Å². The van der Waals surface area contributed by atoms with Crippen molar-refractivity contribution in [2.24, 2.45) is 11.8 Å². The normalized spacial score (nSPS) is 16.6. The smallest absolute Gasteiger partial charge is 0.309 e. The number of Topliss-reactive ketones (excluding diaryl/α,β-unsaturated/α-hetero) is 1. The zero-order valence-corrected chi connectivity index (χ0v) is 19.1. The molecule has 8 heteroatoms. The first kappa shape index (κ1) is 24.5. The fourth-order valence-corrected chi connectivity index (χ4v) is 4.16. The number of nitrogens with zero attached hydrogens (tertiary/aromatic N) is 1. The number of carbonyl (C=O) groups excluding carboxylic acids is 2. The summed E-state index contributed by atoms with van der Waals surface area (Å²) >= 11 is 0.